The molecule has 6 nitrogen and oxygen atoms in total. The minimum atomic E-state index is -1.71. The Morgan fingerprint density at radius 1 is 0.500 bits per heavy atom. The summed E-state index contributed by atoms with van der Waals surface area (Å²) in [5.41, 5.74) is 0. The highest BCUT2D eigenvalue weighted by molar-refractivity contribution is 5.42. The molecule has 0 heterocycles. The Bertz CT molecular complexity index is 472. The minimum absolute atomic E-state index is 0.213. The first-order valence-electron chi connectivity index (χ1n) is 11.0. The van der Waals surface area contributed by atoms with Crippen LogP contribution < -0.4 is 0 Å². The van der Waals surface area contributed by atoms with Gasteiger partial charge in [0.05, 0.1) is 0 Å². The Morgan fingerprint density at radius 2 is 0.786 bits per heavy atom. The van der Waals surface area contributed by atoms with E-state index >= 15 is 0 Å². The molecule has 0 atom stereocenters. The maximum atomic E-state index is 10.5. The molecule has 6 heteroatoms. The van der Waals surface area contributed by atoms with Crippen LogP contribution in [0.2, 0.25) is 0 Å². The molecule has 0 spiro atoms. The van der Waals surface area contributed by atoms with Gasteiger partial charge in [0.1, 0.15) is 0 Å². The van der Waals surface area contributed by atoms with Gasteiger partial charge in [-0.2, -0.15) is 15.0 Å². The fraction of sp³-hybridized carbons (Fsp3) is 0.864. The normalized spacial score (nSPS) is 12.3. The van der Waals surface area contributed by atoms with Gasteiger partial charge < -0.3 is 0 Å². The standard InChI is InChI=1S/C22H37N3O3/c1-2-3-4-5-6-7-8-9-10-11-12-13-14-15-16-17-18-22(23-19-26,24-20-27)25-21-28/h2-18H2,1H3. The largest absolute Gasteiger partial charge is 0.277 e. The van der Waals surface area contributed by atoms with Crippen LogP contribution in [0.3, 0.4) is 0 Å². The fourth-order valence-electron chi connectivity index (χ4n) is 3.37. The van der Waals surface area contributed by atoms with Crippen molar-refractivity contribution in [3.8, 4) is 0 Å². The molecule has 0 aliphatic rings. The summed E-state index contributed by atoms with van der Waals surface area (Å²) in [6.45, 7) is 2.26. The zero-order valence-corrected chi connectivity index (χ0v) is 17.6. The third kappa shape index (κ3) is 15.2. The summed E-state index contributed by atoms with van der Waals surface area (Å²) in [5.74, 6) is -1.71. The first-order chi connectivity index (χ1) is 13.7. The number of hydrogen-bond donors (Lipinski definition) is 0. The van der Waals surface area contributed by atoms with Crippen molar-refractivity contribution in [3.05, 3.63) is 0 Å². The molecule has 0 aliphatic heterocycles. The van der Waals surface area contributed by atoms with Crippen molar-refractivity contribution < 1.29 is 14.4 Å². The molecule has 0 radical (unpaired) electrons. The summed E-state index contributed by atoms with van der Waals surface area (Å²) in [5, 5.41) is 0. The molecular weight excluding hydrogens is 354 g/mol. The molecule has 28 heavy (non-hydrogen) atoms. The highest BCUT2D eigenvalue weighted by atomic mass is 16.1. The molecule has 0 saturated carbocycles. The third-order valence-corrected chi connectivity index (χ3v) is 5.04. The molecule has 0 N–H and O–H groups in total. The monoisotopic (exact) mass is 391 g/mol. The molecule has 0 bridgehead atoms. The van der Waals surface area contributed by atoms with E-state index in [1.54, 1.807) is 0 Å². The Balaban J connectivity index is 3.58. The lowest BCUT2D eigenvalue weighted by Crippen LogP contribution is -2.20. The lowest BCUT2D eigenvalue weighted by atomic mass is 10.0. The van der Waals surface area contributed by atoms with Crippen LogP contribution in [0.4, 0.5) is 0 Å². The van der Waals surface area contributed by atoms with Gasteiger partial charge in [-0.15, -0.1) is 0 Å². The van der Waals surface area contributed by atoms with E-state index in [4.69, 9.17) is 0 Å². The molecule has 0 aromatic carbocycles. The maximum Gasteiger partial charge on any atom is 0.277 e. The van der Waals surface area contributed by atoms with Crippen LogP contribution in [0.1, 0.15) is 116 Å². The van der Waals surface area contributed by atoms with Crippen LogP contribution in [0.25, 0.3) is 0 Å². The van der Waals surface area contributed by atoms with Crippen molar-refractivity contribution in [3.63, 3.8) is 0 Å². The van der Waals surface area contributed by atoms with E-state index in [9.17, 15) is 14.4 Å². The van der Waals surface area contributed by atoms with Crippen LogP contribution in [0.15, 0.2) is 15.0 Å². The Hall–Kier alpha value is -1.86. The zero-order valence-electron chi connectivity index (χ0n) is 17.6. The lowest BCUT2D eigenvalue weighted by molar-refractivity contribution is 0.398. The number of rotatable bonds is 20. The molecule has 0 aliphatic carbocycles. The van der Waals surface area contributed by atoms with Crippen molar-refractivity contribution >= 4 is 18.2 Å². The van der Waals surface area contributed by atoms with Gasteiger partial charge in [-0.05, 0) is 6.42 Å². The zero-order chi connectivity index (χ0) is 20.8. The quantitative estimate of drug-likeness (QED) is 0.139. The SMILES string of the molecule is CCCCCCCCCCCCCCCCCCC(N=C=O)(N=C=O)N=C=O. The van der Waals surface area contributed by atoms with Gasteiger partial charge >= 0.3 is 0 Å². The van der Waals surface area contributed by atoms with Gasteiger partial charge in [0.2, 0.25) is 18.2 Å². The molecule has 0 amide bonds. The summed E-state index contributed by atoms with van der Waals surface area (Å²) >= 11 is 0. The molecule has 0 saturated heterocycles. The van der Waals surface area contributed by atoms with E-state index in [1.165, 1.54) is 95.3 Å². The molecule has 0 fully saturated rings. The number of carbonyl (C=O) groups excluding carboxylic acids is 3. The van der Waals surface area contributed by atoms with E-state index in [0.29, 0.717) is 6.42 Å². The smallest absolute Gasteiger partial charge is 0.211 e. The van der Waals surface area contributed by atoms with Gasteiger partial charge in [0, 0.05) is 6.42 Å². The summed E-state index contributed by atoms with van der Waals surface area (Å²) < 4.78 is 0. The maximum absolute atomic E-state index is 10.5. The van der Waals surface area contributed by atoms with Crippen molar-refractivity contribution in [1.82, 2.24) is 0 Å². The number of isocyanates is 3. The second-order valence-corrected chi connectivity index (χ2v) is 7.44. The summed E-state index contributed by atoms with van der Waals surface area (Å²) in [6.07, 6.45) is 24.2. The van der Waals surface area contributed by atoms with E-state index in [2.05, 4.69) is 21.9 Å². The summed E-state index contributed by atoms with van der Waals surface area (Å²) in [4.78, 5) is 41.5. The molecule has 0 unspecified atom stereocenters. The van der Waals surface area contributed by atoms with Crippen molar-refractivity contribution in [2.45, 2.75) is 122 Å². The van der Waals surface area contributed by atoms with Gasteiger partial charge in [-0.1, -0.05) is 103 Å². The number of unbranched alkanes of at least 4 members (excludes halogenated alkanes) is 15. The molecule has 158 valence electrons. The molecule has 0 rings (SSSR count). The summed E-state index contributed by atoms with van der Waals surface area (Å²) in [6, 6.07) is 0. The highest BCUT2D eigenvalue weighted by Crippen LogP contribution is 2.23. The first kappa shape index (κ1) is 26.1. The average molecular weight is 392 g/mol. The molecule has 0 aromatic heterocycles. The van der Waals surface area contributed by atoms with Gasteiger partial charge in [0.15, 0.2) is 0 Å². The Kier molecular flexibility index (Phi) is 18.6. The van der Waals surface area contributed by atoms with Gasteiger partial charge in [-0.25, -0.2) is 14.4 Å². The second kappa shape index (κ2) is 19.9. The Labute approximate surface area is 170 Å². The second-order valence-electron chi connectivity index (χ2n) is 7.44. The van der Waals surface area contributed by atoms with E-state index in [-0.39, 0.29) is 6.42 Å². The first-order valence-corrected chi connectivity index (χ1v) is 11.0. The van der Waals surface area contributed by atoms with E-state index in [0.717, 1.165) is 19.3 Å². The van der Waals surface area contributed by atoms with Crippen LogP contribution in [0, 0.1) is 0 Å². The molecule has 0 aromatic rings. The van der Waals surface area contributed by atoms with Crippen molar-refractivity contribution in [1.29, 1.82) is 0 Å². The number of nitrogens with zero attached hydrogens (tertiary/aromatic N) is 3. The molecular formula is C22H37N3O3. The average Bonchev–Trinajstić information content (AvgIpc) is 2.68. The predicted molar refractivity (Wildman–Crippen MR) is 111 cm³/mol. The Morgan fingerprint density at radius 3 is 1.07 bits per heavy atom. The highest BCUT2D eigenvalue weighted by Gasteiger charge is 2.28. The van der Waals surface area contributed by atoms with E-state index in [1.807, 2.05) is 0 Å². The van der Waals surface area contributed by atoms with Crippen LogP contribution in [0.5, 0.6) is 0 Å². The van der Waals surface area contributed by atoms with E-state index < -0.39 is 5.79 Å². The van der Waals surface area contributed by atoms with Gasteiger partial charge in [0.25, 0.3) is 5.79 Å². The van der Waals surface area contributed by atoms with Crippen LogP contribution >= 0.6 is 0 Å². The van der Waals surface area contributed by atoms with Crippen LogP contribution in [-0.4, -0.2) is 24.0 Å². The predicted octanol–water partition coefficient (Wildman–Crippen LogP) is 6.30. The van der Waals surface area contributed by atoms with Crippen molar-refractivity contribution in [2.24, 2.45) is 15.0 Å². The van der Waals surface area contributed by atoms with Gasteiger partial charge in [-0.3, -0.25) is 0 Å². The fourth-order valence-corrected chi connectivity index (χ4v) is 3.37. The third-order valence-electron chi connectivity index (χ3n) is 5.04. The minimum Gasteiger partial charge on any atom is -0.211 e. The number of hydrogen-bond acceptors (Lipinski definition) is 6. The topological polar surface area (TPSA) is 88.3 Å². The summed E-state index contributed by atoms with van der Waals surface area (Å²) in [7, 11) is 0. The van der Waals surface area contributed by atoms with Crippen molar-refractivity contribution in [2.75, 3.05) is 0 Å². The lowest BCUT2D eigenvalue weighted by Gasteiger charge is -2.14. The van der Waals surface area contributed by atoms with Crippen LogP contribution in [-0.2, 0) is 14.4 Å². The number of aliphatic imine (C=N–C) groups is 3.